The minimum absolute atomic E-state index is 0.392. The zero-order valence-corrected chi connectivity index (χ0v) is 12.5. The van der Waals surface area contributed by atoms with E-state index >= 15 is 0 Å². The molecule has 0 aliphatic carbocycles. The molecule has 2 aromatic rings. The van der Waals surface area contributed by atoms with Crippen LogP contribution in [0.25, 0.3) is 0 Å². The van der Waals surface area contributed by atoms with Crippen molar-refractivity contribution in [3.8, 4) is 0 Å². The van der Waals surface area contributed by atoms with Crippen LogP contribution in [0.2, 0.25) is 0 Å². The first-order valence-electron chi connectivity index (χ1n) is 6.72. The minimum atomic E-state index is 0.392. The third-order valence-corrected chi connectivity index (χ3v) is 4.62. The Kier molecular flexibility index (Phi) is 5.14. The molecule has 2 rings (SSSR count). The molecule has 102 valence electrons. The van der Waals surface area contributed by atoms with Gasteiger partial charge in [-0.2, -0.15) is 0 Å². The Morgan fingerprint density at radius 1 is 1.21 bits per heavy atom. The molecule has 0 aliphatic rings. The maximum Gasteiger partial charge on any atom is 0.0300 e. The quantitative estimate of drug-likeness (QED) is 0.849. The molecule has 19 heavy (non-hydrogen) atoms. The normalized spacial score (nSPS) is 12.6. The Hall–Kier alpha value is -1.16. The lowest BCUT2D eigenvalue weighted by Crippen LogP contribution is -2.26. The third kappa shape index (κ3) is 3.90. The number of benzene rings is 1. The van der Waals surface area contributed by atoms with Crippen molar-refractivity contribution in [3.05, 3.63) is 57.3 Å². The van der Waals surface area contributed by atoms with Crippen LogP contribution in [0, 0.1) is 13.8 Å². The second kappa shape index (κ2) is 6.85. The molecule has 0 radical (unpaired) electrons. The van der Waals surface area contributed by atoms with Crippen molar-refractivity contribution in [2.45, 2.75) is 26.3 Å². The van der Waals surface area contributed by atoms with E-state index in [1.165, 1.54) is 20.9 Å². The van der Waals surface area contributed by atoms with Crippen LogP contribution < -0.4 is 11.1 Å². The van der Waals surface area contributed by atoms with Gasteiger partial charge in [-0.1, -0.05) is 30.3 Å². The summed E-state index contributed by atoms with van der Waals surface area (Å²) < 4.78 is 0. The highest BCUT2D eigenvalue weighted by atomic mass is 32.1. The molecular weight excluding hydrogens is 252 g/mol. The summed E-state index contributed by atoms with van der Waals surface area (Å²) in [5, 5.41) is 3.52. The van der Waals surface area contributed by atoms with Crippen LogP contribution in [0.3, 0.4) is 0 Å². The monoisotopic (exact) mass is 274 g/mol. The Morgan fingerprint density at radius 2 is 1.95 bits per heavy atom. The molecular formula is C16H22N2S. The smallest absolute Gasteiger partial charge is 0.0300 e. The van der Waals surface area contributed by atoms with Gasteiger partial charge in [-0.3, -0.25) is 0 Å². The van der Waals surface area contributed by atoms with E-state index in [1.54, 1.807) is 0 Å². The molecule has 0 spiro atoms. The van der Waals surface area contributed by atoms with Crippen LogP contribution in [0.4, 0.5) is 0 Å². The molecule has 1 unspecified atom stereocenters. The van der Waals surface area contributed by atoms with E-state index in [9.17, 15) is 0 Å². The fourth-order valence-corrected chi connectivity index (χ4v) is 3.19. The van der Waals surface area contributed by atoms with Crippen LogP contribution >= 0.6 is 11.3 Å². The second-order valence-electron chi connectivity index (χ2n) is 4.93. The Labute approximate surface area is 119 Å². The molecule has 1 heterocycles. The van der Waals surface area contributed by atoms with E-state index in [-0.39, 0.29) is 0 Å². The van der Waals surface area contributed by atoms with Gasteiger partial charge in [-0.05, 0) is 31.0 Å². The lowest BCUT2D eigenvalue weighted by atomic mass is 9.99. The van der Waals surface area contributed by atoms with Crippen LogP contribution in [-0.2, 0) is 6.54 Å². The molecule has 0 aliphatic heterocycles. The lowest BCUT2D eigenvalue weighted by molar-refractivity contribution is 0.591. The number of nitrogens with one attached hydrogen (secondary N) is 1. The van der Waals surface area contributed by atoms with Gasteiger partial charge in [-0.15, -0.1) is 11.3 Å². The molecule has 1 atom stereocenters. The lowest BCUT2D eigenvalue weighted by Gasteiger charge is -2.15. The number of thiophene rings is 1. The van der Waals surface area contributed by atoms with Crippen molar-refractivity contribution in [3.63, 3.8) is 0 Å². The first-order chi connectivity index (χ1) is 9.20. The number of aryl methyl sites for hydroxylation is 2. The summed E-state index contributed by atoms with van der Waals surface area (Å²) in [5.41, 5.74) is 8.58. The Balaban J connectivity index is 1.87. The van der Waals surface area contributed by atoms with Crippen molar-refractivity contribution >= 4 is 11.3 Å². The summed E-state index contributed by atoms with van der Waals surface area (Å²) in [6.07, 6.45) is 0. The average molecular weight is 274 g/mol. The number of rotatable bonds is 6. The van der Waals surface area contributed by atoms with Crippen molar-refractivity contribution in [2.24, 2.45) is 5.73 Å². The molecule has 1 aromatic carbocycles. The minimum Gasteiger partial charge on any atom is -0.330 e. The van der Waals surface area contributed by atoms with Gasteiger partial charge in [0.05, 0.1) is 0 Å². The van der Waals surface area contributed by atoms with Crippen LogP contribution in [0.1, 0.15) is 26.8 Å². The highest BCUT2D eigenvalue weighted by Gasteiger charge is 2.09. The Morgan fingerprint density at radius 3 is 2.53 bits per heavy atom. The Bertz CT molecular complexity index is 485. The average Bonchev–Trinajstić information content (AvgIpc) is 2.75. The van der Waals surface area contributed by atoms with Crippen LogP contribution in [0.5, 0.6) is 0 Å². The van der Waals surface area contributed by atoms with E-state index in [2.05, 4.69) is 49.5 Å². The van der Waals surface area contributed by atoms with Gasteiger partial charge in [-0.25, -0.2) is 0 Å². The highest BCUT2D eigenvalue weighted by Crippen LogP contribution is 2.20. The van der Waals surface area contributed by atoms with Crippen LogP contribution in [0.15, 0.2) is 36.4 Å². The van der Waals surface area contributed by atoms with Crippen molar-refractivity contribution in [1.29, 1.82) is 0 Å². The number of hydrogen-bond acceptors (Lipinski definition) is 3. The van der Waals surface area contributed by atoms with E-state index in [4.69, 9.17) is 5.73 Å². The molecule has 1 aromatic heterocycles. The maximum atomic E-state index is 5.88. The fourth-order valence-electron chi connectivity index (χ4n) is 2.17. The van der Waals surface area contributed by atoms with Gasteiger partial charge in [0.15, 0.2) is 0 Å². The maximum absolute atomic E-state index is 5.88. The topological polar surface area (TPSA) is 38.0 Å². The molecule has 2 nitrogen and oxygen atoms in total. The van der Waals surface area contributed by atoms with E-state index in [0.29, 0.717) is 12.5 Å². The SMILES string of the molecule is Cc1cc(CNCC(CN)c2ccccc2)sc1C. The zero-order chi connectivity index (χ0) is 13.7. The van der Waals surface area contributed by atoms with E-state index in [0.717, 1.165) is 13.1 Å². The fraction of sp³-hybridized carbons (Fsp3) is 0.375. The highest BCUT2D eigenvalue weighted by molar-refractivity contribution is 7.12. The summed E-state index contributed by atoms with van der Waals surface area (Å²) in [6.45, 7) is 6.89. The summed E-state index contributed by atoms with van der Waals surface area (Å²) in [7, 11) is 0. The number of nitrogens with two attached hydrogens (primary N) is 1. The predicted molar refractivity (Wildman–Crippen MR) is 83.7 cm³/mol. The van der Waals surface area contributed by atoms with Crippen molar-refractivity contribution in [1.82, 2.24) is 5.32 Å². The molecule has 0 fully saturated rings. The van der Waals surface area contributed by atoms with Gasteiger partial charge >= 0.3 is 0 Å². The van der Waals surface area contributed by atoms with Gasteiger partial charge in [0.25, 0.3) is 0 Å². The van der Waals surface area contributed by atoms with E-state index < -0.39 is 0 Å². The van der Waals surface area contributed by atoms with Gasteiger partial charge < -0.3 is 11.1 Å². The summed E-state index contributed by atoms with van der Waals surface area (Å²) in [6, 6.07) is 12.8. The first-order valence-corrected chi connectivity index (χ1v) is 7.54. The van der Waals surface area contributed by atoms with Crippen LogP contribution in [-0.4, -0.2) is 13.1 Å². The summed E-state index contributed by atoms with van der Waals surface area (Å²) >= 11 is 1.88. The van der Waals surface area contributed by atoms with Crippen molar-refractivity contribution < 1.29 is 0 Å². The molecule has 0 bridgehead atoms. The molecule has 3 heteroatoms. The largest absolute Gasteiger partial charge is 0.330 e. The molecule has 0 saturated heterocycles. The zero-order valence-electron chi connectivity index (χ0n) is 11.6. The first kappa shape index (κ1) is 14.3. The van der Waals surface area contributed by atoms with Gasteiger partial charge in [0.1, 0.15) is 0 Å². The predicted octanol–water partition coefficient (Wildman–Crippen LogP) is 3.20. The molecule has 0 amide bonds. The molecule has 3 N–H and O–H groups in total. The van der Waals surface area contributed by atoms with Gasteiger partial charge in [0, 0.05) is 35.3 Å². The van der Waals surface area contributed by atoms with Gasteiger partial charge in [0.2, 0.25) is 0 Å². The summed E-state index contributed by atoms with van der Waals surface area (Å²) in [5.74, 6) is 0.392. The van der Waals surface area contributed by atoms with E-state index in [1.807, 2.05) is 17.4 Å². The second-order valence-corrected chi connectivity index (χ2v) is 6.27. The third-order valence-electron chi connectivity index (χ3n) is 3.46. The number of hydrogen-bond donors (Lipinski definition) is 2. The summed E-state index contributed by atoms with van der Waals surface area (Å²) in [4.78, 5) is 2.81. The molecule has 0 saturated carbocycles. The standard InChI is InChI=1S/C16H22N2S/c1-12-8-16(19-13(12)2)11-18-10-15(9-17)14-6-4-3-5-7-14/h3-8,15,18H,9-11,17H2,1-2H3. The van der Waals surface area contributed by atoms with Crippen molar-refractivity contribution in [2.75, 3.05) is 13.1 Å².